The number of benzene rings is 2. The van der Waals surface area contributed by atoms with Crippen LogP contribution in [0.1, 0.15) is 48.4 Å². The second-order valence-electron chi connectivity index (χ2n) is 6.56. The summed E-state index contributed by atoms with van der Waals surface area (Å²) in [6.45, 7) is 7.87. The van der Waals surface area contributed by atoms with Gasteiger partial charge in [-0.2, -0.15) is 0 Å². The van der Waals surface area contributed by atoms with Crippen LogP contribution in [0.3, 0.4) is 0 Å². The van der Waals surface area contributed by atoms with Crippen molar-refractivity contribution in [2.45, 2.75) is 39.8 Å². The minimum absolute atomic E-state index is 0.0118. The Labute approximate surface area is 181 Å². The molecule has 0 saturated heterocycles. The second kappa shape index (κ2) is 8.69. The Morgan fingerprint density at radius 1 is 0.962 bits per heavy atom. The van der Waals surface area contributed by atoms with Gasteiger partial charge < -0.3 is 10.0 Å². The maximum Gasteiger partial charge on any atom is 0.335 e. The highest BCUT2D eigenvalue weighted by Gasteiger charge is 2.26. The Hall–Kier alpha value is -1.16. The lowest BCUT2D eigenvalue weighted by Gasteiger charge is -2.31. The van der Waals surface area contributed by atoms with E-state index in [4.69, 9.17) is 0 Å². The average Bonchev–Trinajstić information content (AvgIpc) is 2.53. The molecule has 0 aliphatic heterocycles. The molecule has 0 heterocycles. The summed E-state index contributed by atoms with van der Waals surface area (Å²) in [6, 6.07) is 10.8. The number of rotatable bonds is 5. The Morgan fingerprint density at radius 3 is 1.96 bits per heavy atom. The molecule has 2 rings (SSSR count). The van der Waals surface area contributed by atoms with Gasteiger partial charge in [-0.15, -0.1) is 0 Å². The molecule has 2 aromatic carbocycles. The Morgan fingerprint density at radius 2 is 1.50 bits per heavy atom. The molecule has 4 nitrogen and oxygen atoms in total. The van der Waals surface area contributed by atoms with Gasteiger partial charge in [0.25, 0.3) is 5.91 Å². The highest BCUT2D eigenvalue weighted by atomic mass is 127. The average molecular weight is 577 g/mol. The third kappa shape index (κ3) is 4.39. The maximum atomic E-state index is 13.3. The van der Waals surface area contributed by atoms with E-state index < -0.39 is 5.97 Å². The van der Waals surface area contributed by atoms with Crippen molar-refractivity contribution in [3.63, 3.8) is 0 Å². The van der Waals surface area contributed by atoms with Crippen molar-refractivity contribution >= 4 is 57.1 Å². The third-order valence-electron chi connectivity index (χ3n) is 4.08. The standard InChI is InChI=1S/C20H21I2NO3/c1-11(2)23(12(3)4)19(24)15-10-13(20(25)26)8-9-14(15)18-16(21)6-5-7-17(18)22/h5-12H,1-4H3,(H,25,26). The molecule has 6 heteroatoms. The number of carboxylic acids is 1. The number of hydrogen-bond donors (Lipinski definition) is 1. The van der Waals surface area contributed by atoms with Crippen molar-refractivity contribution in [1.29, 1.82) is 0 Å². The van der Waals surface area contributed by atoms with Gasteiger partial charge in [0.05, 0.1) is 5.56 Å². The molecule has 0 aromatic heterocycles. The SMILES string of the molecule is CC(C)N(C(=O)c1cc(C(=O)O)ccc1-c1c(I)cccc1I)C(C)C. The summed E-state index contributed by atoms with van der Waals surface area (Å²) in [5.41, 5.74) is 2.27. The number of nitrogens with zero attached hydrogens (tertiary/aromatic N) is 1. The highest BCUT2D eigenvalue weighted by molar-refractivity contribution is 14.1. The van der Waals surface area contributed by atoms with Crippen molar-refractivity contribution in [3.05, 3.63) is 54.7 Å². The molecule has 1 amide bonds. The van der Waals surface area contributed by atoms with Crippen LogP contribution in [-0.4, -0.2) is 34.0 Å². The number of amides is 1. The van der Waals surface area contributed by atoms with Crippen LogP contribution >= 0.6 is 45.2 Å². The maximum absolute atomic E-state index is 13.3. The van der Waals surface area contributed by atoms with E-state index in [0.717, 1.165) is 18.3 Å². The van der Waals surface area contributed by atoms with Gasteiger partial charge in [0.15, 0.2) is 0 Å². The van der Waals surface area contributed by atoms with Gasteiger partial charge in [-0.05, 0) is 103 Å². The van der Waals surface area contributed by atoms with Crippen molar-refractivity contribution < 1.29 is 14.7 Å². The fourth-order valence-corrected chi connectivity index (χ4v) is 5.13. The Balaban J connectivity index is 2.75. The molecule has 26 heavy (non-hydrogen) atoms. The van der Waals surface area contributed by atoms with Gasteiger partial charge in [0, 0.05) is 30.4 Å². The van der Waals surface area contributed by atoms with Crippen LogP contribution in [0.5, 0.6) is 0 Å². The molecule has 0 aliphatic rings. The first kappa shape index (κ1) is 21.1. The minimum Gasteiger partial charge on any atom is -0.478 e. The summed E-state index contributed by atoms with van der Waals surface area (Å²) in [5.74, 6) is -1.19. The van der Waals surface area contributed by atoms with Crippen LogP contribution in [0.25, 0.3) is 11.1 Å². The number of halogens is 2. The predicted octanol–water partition coefficient (Wildman–Crippen LogP) is 5.52. The van der Waals surface area contributed by atoms with Gasteiger partial charge >= 0.3 is 5.97 Å². The molecule has 138 valence electrons. The summed E-state index contributed by atoms with van der Waals surface area (Å²) >= 11 is 4.50. The lowest BCUT2D eigenvalue weighted by molar-refractivity contribution is 0.0644. The van der Waals surface area contributed by atoms with Crippen molar-refractivity contribution in [2.24, 2.45) is 0 Å². The molecule has 0 spiro atoms. The molecule has 0 aliphatic carbocycles. The summed E-state index contributed by atoms with van der Waals surface area (Å²) in [7, 11) is 0. The quantitative estimate of drug-likeness (QED) is 0.477. The normalized spacial score (nSPS) is 11.1. The molecule has 0 unspecified atom stereocenters. The van der Waals surface area contributed by atoms with E-state index in [1.54, 1.807) is 17.0 Å². The van der Waals surface area contributed by atoms with Gasteiger partial charge in [-0.3, -0.25) is 4.79 Å². The fourth-order valence-electron chi connectivity index (χ4n) is 3.03. The van der Waals surface area contributed by atoms with Gasteiger partial charge in [-0.1, -0.05) is 12.1 Å². The summed E-state index contributed by atoms with van der Waals surface area (Å²) in [6.07, 6.45) is 0. The molecule has 0 fully saturated rings. The first-order valence-corrected chi connectivity index (χ1v) is 10.4. The van der Waals surface area contributed by atoms with Crippen molar-refractivity contribution in [3.8, 4) is 11.1 Å². The smallest absolute Gasteiger partial charge is 0.335 e. The number of carbonyl (C=O) groups is 2. The van der Waals surface area contributed by atoms with E-state index in [9.17, 15) is 14.7 Å². The first-order valence-electron chi connectivity index (χ1n) is 8.29. The fraction of sp³-hybridized carbons (Fsp3) is 0.300. The molecule has 0 radical (unpaired) electrons. The molecule has 0 atom stereocenters. The predicted molar refractivity (Wildman–Crippen MR) is 121 cm³/mol. The molecular weight excluding hydrogens is 556 g/mol. The third-order valence-corrected chi connectivity index (χ3v) is 5.87. The van der Waals surface area contributed by atoms with Crippen LogP contribution in [0.2, 0.25) is 0 Å². The van der Waals surface area contributed by atoms with E-state index >= 15 is 0 Å². The Kier molecular flexibility index (Phi) is 7.06. The van der Waals surface area contributed by atoms with E-state index in [1.165, 1.54) is 6.07 Å². The summed E-state index contributed by atoms with van der Waals surface area (Å²) in [4.78, 5) is 26.6. The minimum atomic E-state index is -1.04. The molecule has 0 bridgehead atoms. The van der Waals surface area contributed by atoms with Crippen LogP contribution in [0.4, 0.5) is 0 Å². The zero-order valence-electron chi connectivity index (χ0n) is 15.1. The molecule has 2 aromatic rings. The van der Waals surface area contributed by atoms with Crippen molar-refractivity contribution in [2.75, 3.05) is 0 Å². The number of carbonyl (C=O) groups excluding carboxylic acids is 1. The zero-order valence-corrected chi connectivity index (χ0v) is 19.4. The van der Waals surface area contributed by atoms with Crippen LogP contribution in [-0.2, 0) is 0 Å². The summed E-state index contributed by atoms with van der Waals surface area (Å²) in [5, 5.41) is 9.39. The molecule has 1 N–H and O–H groups in total. The van der Waals surface area contributed by atoms with E-state index in [2.05, 4.69) is 45.2 Å². The largest absolute Gasteiger partial charge is 0.478 e. The number of hydrogen-bond acceptors (Lipinski definition) is 2. The van der Waals surface area contributed by atoms with Crippen LogP contribution in [0, 0.1) is 7.14 Å². The van der Waals surface area contributed by atoms with Gasteiger partial charge in [0.1, 0.15) is 0 Å². The monoisotopic (exact) mass is 577 g/mol. The van der Waals surface area contributed by atoms with Crippen LogP contribution < -0.4 is 0 Å². The Bertz CT molecular complexity index is 819. The topological polar surface area (TPSA) is 57.6 Å². The summed E-state index contributed by atoms with van der Waals surface area (Å²) < 4.78 is 2.04. The lowest BCUT2D eigenvalue weighted by Crippen LogP contribution is -2.42. The first-order chi connectivity index (χ1) is 12.1. The molecular formula is C20H21I2NO3. The number of aromatic carboxylic acids is 1. The zero-order chi connectivity index (χ0) is 19.6. The lowest BCUT2D eigenvalue weighted by atomic mass is 9.96. The highest BCUT2D eigenvalue weighted by Crippen LogP contribution is 2.34. The van der Waals surface area contributed by atoms with E-state index in [1.807, 2.05) is 45.9 Å². The van der Waals surface area contributed by atoms with Crippen molar-refractivity contribution in [1.82, 2.24) is 4.90 Å². The molecule has 0 saturated carbocycles. The van der Waals surface area contributed by atoms with Gasteiger partial charge in [-0.25, -0.2) is 4.79 Å². The van der Waals surface area contributed by atoms with E-state index in [-0.39, 0.29) is 23.6 Å². The van der Waals surface area contributed by atoms with E-state index in [0.29, 0.717) is 5.56 Å². The van der Waals surface area contributed by atoms with Crippen LogP contribution in [0.15, 0.2) is 36.4 Å². The second-order valence-corrected chi connectivity index (χ2v) is 8.89. The number of carboxylic acid groups (broad SMARTS) is 1. The van der Waals surface area contributed by atoms with Gasteiger partial charge in [0.2, 0.25) is 0 Å².